The molecule has 19 heavy (non-hydrogen) atoms. The van der Waals surface area contributed by atoms with Crippen molar-refractivity contribution in [1.29, 1.82) is 0 Å². The third kappa shape index (κ3) is 2.85. The Labute approximate surface area is 113 Å². The predicted octanol–water partition coefficient (Wildman–Crippen LogP) is 1.67. The van der Waals surface area contributed by atoms with Crippen molar-refractivity contribution >= 4 is 5.69 Å². The van der Waals surface area contributed by atoms with Crippen LogP contribution in [0.5, 0.6) is 5.75 Å². The summed E-state index contributed by atoms with van der Waals surface area (Å²) in [5, 5.41) is 9.36. The van der Waals surface area contributed by atoms with Gasteiger partial charge in [0.05, 0.1) is 25.4 Å². The van der Waals surface area contributed by atoms with Crippen molar-refractivity contribution in [1.82, 2.24) is 0 Å². The highest BCUT2D eigenvalue weighted by Gasteiger charge is 2.27. The number of fused-ring (bicyclic) bond motifs is 1. The SMILES string of the molecule is OC[C@H]1CN(C[C@@H]2CCCOC2)c2ccccc2O1. The van der Waals surface area contributed by atoms with Gasteiger partial charge in [-0.15, -0.1) is 0 Å². The minimum atomic E-state index is -0.126. The minimum absolute atomic E-state index is 0.0615. The predicted molar refractivity (Wildman–Crippen MR) is 73.7 cm³/mol. The Hall–Kier alpha value is -1.26. The Bertz CT molecular complexity index is 418. The lowest BCUT2D eigenvalue weighted by Gasteiger charge is -2.38. The number of aliphatic hydroxyl groups excluding tert-OH is 1. The lowest BCUT2D eigenvalue weighted by Crippen LogP contribution is -2.45. The molecular weight excluding hydrogens is 242 g/mol. The smallest absolute Gasteiger partial charge is 0.143 e. The monoisotopic (exact) mass is 263 g/mol. The van der Waals surface area contributed by atoms with Crippen molar-refractivity contribution in [3.8, 4) is 5.75 Å². The summed E-state index contributed by atoms with van der Waals surface area (Å²) < 4.78 is 11.3. The van der Waals surface area contributed by atoms with Gasteiger partial charge in [-0.2, -0.15) is 0 Å². The fraction of sp³-hybridized carbons (Fsp3) is 0.600. The normalized spacial score (nSPS) is 26.7. The van der Waals surface area contributed by atoms with Crippen LogP contribution in [0, 0.1) is 5.92 Å². The zero-order chi connectivity index (χ0) is 13.1. The standard InChI is InChI=1S/C15H21NO3/c17-10-13-9-16(8-12-4-3-7-18-11-12)14-5-1-2-6-15(14)19-13/h1-2,5-6,12-13,17H,3-4,7-11H2/t12-,13+/m0/s1. The molecule has 2 aliphatic heterocycles. The van der Waals surface area contributed by atoms with Crippen LogP contribution in [0.25, 0.3) is 0 Å². The maximum atomic E-state index is 9.36. The van der Waals surface area contributed by atoms with Crippen molar-refractivity contribution in [2.75, 3.05) is 37.8 Å². The van der Waals surface area contributed by atoms with Crippen LogP contribution in [0.1, 0.15) is 12.8 Å². The highest BCUT2D eigenvalue weighted by atomic mass is 16.5. The van der Waals surface area contributed by atoms with E-state index in [1.54, 1.807) is 0 Å². The van der Waals surface area contributed by atoms with E-state index in [9.17, 15) is 5.11 Å². The third-order valence-corrected chi connectivity index (χ3v) is 3.86. The van der Waals surface area contributed by atoms with E-state index in [1.807, 2.05) is 18.2 Å². The first kappa shape index (κ1) is 12.8. The molecule has 1 N–H and O–H groups in total. The van der Waals surface area contributed by atoms with Crippen LogP contribution < -0.4 is 9.64 Å². The second-order valence-corrected chi connectivity index (χ2v) is 5.38. The topological polar surface area (TPSA) is 41.9 Å². The molecular formula is C15H21NO3. The van der Waals surface area contributed by atoms with Crippen LogP contribution in [-0.4, -0.2) is 44.1 Å². The number of rotatable bonds is 3. The maximum absolute atomic E-state index is 9.36. The van der Waals surface area contributed by atoms with E-state index in [0.29, 0.717) is 5.92 Å². The maximum Gasteiger partial charge on any atom is 0.143 e. The lowest BCUT2D eigenvalue weighted by atomic mass is 10.0. The number of aliphatic hydroxyl groups is 1. The Morgan fingerprint density at radius 2 is 2.21 bits per heavy atom. The molecule has 4 nitrogen and oxygen atoms in total. The Morgan fingerprint density at radius 3 is 3.00 bits per heavy atom. The van der Waals surface area contributed by atoms with Gasteiger partial charge in [-0.3, -0.25) is 0 Å². The molecule has 0 unspecified atom stereocenters. The van der Waals surface area contributed by atoms with E-state index < -0.39 is 0 Å². The number of anilines is 1. The summed E-state index contributed by atoms with van der Waals surface area (Å²) in [6.45, 7) is 3.55. The second-order valence-electron chi connectivity index (χ2n) is 5.38. The zero-order valence-electron chi connectivity index (χ0n) is 11.1. The molecule has 0 saturated carbocycles. The van der Waals surface area contributed by atoms with Crippen molar-refractivity contribution < 1.29 is 14.6 Å². The Kier molecular flexibility index (Phi) is 3.89. The lowest BCUT2D eigenvalue weighted by molar-refractivity contribution is 0.0544. The van der Waals surface area contributed by atoms with Crippen LogP contribution in [0.2, 0.25) is 0 Å². The first-order valence-electron chi connectivity index (χ1n) is 7.06. The molecule has 1 saturated heterocycles. The van der Waals surface area contributed by atoms with E-state index in [4.69, 9.17) is 9.47 Å². The zero-order valence-corrected chi connectivity index (χ0v) is 11.1. The van der Waals surface area contributed by atoms with E-state index in [2.05, 4.69) is 11.0 Å². The van der Waals surface area contributed by atoms with Crippen LogP contribution in [0.4, 0.5) is 5.69 Å². The molecule has 0 aromatic heterocycles. The third-order valence-electron chi connectivity index (χ3n) is 3.86. The molecule has 0 radical (unpaired) electrons. The van der Waals surface area contributed by atoms with E-state index in [1.165, 1.54) is 6.42 Å². The summed E-state index contributed by atoms with van der Waals surface area (Å²) in [6, 6.07) is 8.07. The number of hydrogen-bond donors (Lipinski definition) is 1. The average molecular weight is 263 g/mol. The van der Waals surface area contributed by atoms with Crippen LogP contribution in [-0.2, 0) is 4.74 Å². The Balaban J connectivity index is 1.75. The van der Waals surface area contributed by atoms with Crippen LogP contribution >= 0.6 is 0 Å². The van der Waals surface area contributed by atoms with Gasteiger partial charge in [0.25, 0.3) is 0 Å². The van der Waals surface area contributed by atoms with Gasteiger partial charge in [0.1, 0.15) is 11.9 Å². The molecule has 0 spiro atoms. The molecule has 0 amide bonds. The van der Waals surface area contributed by atoms with Crippen molar-refractivity contribution in [2.45, 2.75) is 18.9 Å². The summed E-state index contributed by atoms with van der Waals surface area (Å²) in [5.74, 6) is 1.46. The molecule has 2 aliphatic rings. The highest BCUT2D eigenvalue weighted by Crippen LogP contribution is 2.34. The van der Waals surface area contributed by atoms with Crippen LogP contribution in [0.3, 0.4) is 0 Å². The van der Waals surface area contributed by atoms with Gasteiger partial charge in [0, 0.05) is 13.2 Å². The number of benzene rings is 1. The van der Waals surface area contributed by atoms with E-state index >= 15 is 0 Å². The molecule has 1 fully saturated rings. The van der Waals surface area contributed by atoms with Gasteiger partial charge in [0.15, 0.2) is 0 Å². The molecule has 1 aromatic rings. The first-order chi connectivity index (χ1) is 9.36. The summed E-state index contributed by atoms with van der Waals surface area (Å²) in [6.07, 6.45) is 2.25. The molecule has 0 aliphatic carbocycles. The molecule has 0 bridgehead atoms. The van der Waals surface area contributed by atoms with E-state index in [-0.39, 0.29) is 12.7 Å². The van der Waals surface area contributed by atoms with Crippen molar-refractivity contribution in [3.63, 3.8) is 0 Å². The van der Waals surface area contributed by atoms with E-state index in [0.717, 1.165) is 44.2 Å². The van der Waals surface area contributed by atoms with Gasteiger partial charge in [-0.1, -0.05) is 12.1 Å². The molecule has 104 valence electrons. The first-order valence-corrected chi connectivity index (χ1v) is 7.06. The fourth-order valence-corrected chi connectivity index (χ4v) is 2.91. The Morgan fingerprint density at radius 1 is 1.32 bits per heavy atom. The van der Waals surface area contributed by atoms with Gasteiger partial charge >= 0.3 is 0 Å². The highest BCUT2D eigenvalue weighted by molar-refractivity contribution is 5.60. The van der Waals surface area contributed by atoms with Gasteiger partial charge in [0.2, 0.25) is 0 Å². The largest absolute Gasteiger partial charge is 0.484 e. The molecule has 1 aromatic carbocycles. The number of nitrogens with zero attached hydrogens (tertiary/aromatic N) is 1. The molecule has 4 heteroatoms. The van der Waals surface area contributed by atoms with Gasteiger partial charge in [-0.25, -0.2) is 0 Å². The summed E-state index contributed by atoms with van der Waals surface area (Å²) >= 11 is 0. The summed E-state index contributed by atoms with van der Waals surface area (Å²) in [5.41, 5.74) is 1.14. The quantitative estimate of drug-likeness (QED) is 0.901. The van der Waals surface area contributed by atoms with Crippen molar-refractivity contribution in [3.05, 3.63) is 24.3 Å². The van der Waals surface area contributed by atoms with Crippen molar-refractivity contribution in [2.24, 2.45) is 5.92 Å². The van der Waals surface area contributed by atoms with Gasteiger partial charge < -0.3 is 19.5 Å². The number of ether oxygens (including phenoxy) is 2. The summed E-state index contributed by atoms with van der Waals surface area (Å²) in [7, 11) is 0. The number of para-hydroxylation sites is 2. The van der Waals surface area contributed by atoms with Crippen LogP contribution in [0.15, 0.2) is 24.3 Å². The molecule has 2 atom stereocenters. The summed E-state index contributed by atoms with van der Waals surface area (Å²) in [4.78, 5) is 2.33. The number of hydrogen-bond acceptors (Lipinski definition) is 4. The molecule has 2 heterocycles. The fourth-order valence-electron chi connectivity index (χ4n) is 2.91. The molecule has 3 rings (SSSR count). The average Bonchev–Trinajstić information content (AvgIpc) is 2.48. The van der Waals surface area contributed by atoms with Gasteiger partial charge in [-0.05, 0) is 30.9 Å². The minimum Gasteiger partial charge on any atom is -0.484 e. The second kappa shape index (κ2) is 5.80.